The average Bonchev–Trinajstić information content (AvgIpc) is 3.11. The number of thiazole rings is 1. The number of hydrogen-bond acceptors (Lipinski definition) is 6. The normalized spacial score (nSPS) is 16.3. The molecular weight excluding hydrogens is 344 g/mol. The second-order valence-electron chi connectivity index (χ2n) is 5.79. The number of aromatic nitrogens is 1. The summed E-state index contributed by atoms with van der Waals surface area (Å²) in [5.41, 5.74) is 1.99. The zero-order valence-electron chi connectivity index (χ0n) is 13.9. The minimum absolute atomic E-state index is 0.149. The summed E-state index contributed by atoms with van der Waals surface area (Å²) in [5.74, 6) is 0. The summed E-state index contributed by atoms with van der Waals surface area (Å²) < 4.78 is 7.08. The van der Waals surface area contributed by atoms with Crippen LogP contribution in [0.3, 0.4) is 0 Å². The first-order chi connectivity index (χ1) is 12.8. The quantitative estimate of drug-likeness (QED) is 0.688. The van der Waals surface area contributed by atoms with Gasteiger partial charge in [-0.15, -0.1) is 0 Å². The second kappa shape index (κ2) is 7.38. The Balaban J connectivity index is 1.65. The van der Waals surface area contributed by atoms with E-state index >= 15 is 0 Å². The molecule has 1 aliphatic heterocycles. The standard InChI is InChI=1S/C20H16N4OS/c21-12-10-16-11-13-22-19(25-14-15-6-2-1-3-7-15)24(16)20-23-17-8-4-5-9-18(17)26-20/h1-9,11,13,16H,10,14H2. The monoisotopic (exact) mass is 360 g/mol. The molecular formula is C20H16N4OS. The number of rotatable bonds is 4. The van der Waals surface area contributed by atoms with Crippen LogP contribution in [0.2, 0.25) is 0 Å². The lowest BCUT2D eigenvalue weighted by molar-refractivity contribution is 0.281. The van der Waals surface area contributed by atoms with Gasteiger partial charge in [0.15, 0.2) is 5.13 Å². The van der Waals surface area contributed by atoms with Crippen molar-refractivity contribution in [2.75, 3.05) is 4.90 Å². The highest BCUT2D eigenvalue weighted by atomic mass is 32.1. The number of anilines is 1. The van der Waals surface area contributed by atoms with Crippen LogP contribution in [0.4, 0.5) is 5.13 Å². The van der Waals surface area contributed by atoms with Gasteiger partial charge in [0.1, 0.15) is 6.61 Å². The minimum atomic E-state index is -0.149. The van der Waals surface area contributed by atoms with Crippen molar-refractivity contribution in [1.82, 2.24) is 4.98 Å². The van der Waals surface area contributed by atoms with Gasteiger partial charge in [-0.2, -0.15) is 5.26 Å². The van der Waals surface area contributed by atoms with Gasteiger partial charge in [0.2, 0.25) is 0 Å². The molecule has 1 aliphatic rings. The zero-order chi connectivity index (χ0) is 17.8. The predicted octanol–water partition coefficient (Wildman–Crippen LogP) is 4.49. The molecule has 3 aromatic rings. The lowest BCUT2D eigenvalue weighted by Crippen LogP contribution is -2.42. The Kier molecular flexibility index (Phi) is 4.63. The highest BCUT2D eigenvalue weighted by molar-refractivity contribution is 7.22. The molecule has 0 N–H and O–H groups in total. The van der Waals surface area contributed by atoms with Crippen molar-refractivity contribution >= 4 is 32.7 Å². The number of benzene rings is 2. The van der Waals surface area contributed by atoms with E-state index in [2.05, 4.69) is 11.1 Å². The smallest absolute Gasteiger partial charge is 0.299 e. The molecule has 1 aromatic heterocycles. The van der Waals surface area contributed by atoms with E-state index in [9.17, 15) is 5.26 Å². The van der Waals surface area contributed by atoms with Crippen molar-refractivity contribution < 1.29 is 4.74 Å². The second-order valence-corrected chi connectivity index (χ2v) is 6.80. The largest absolute Gasteiger partial charge is 0.460 e. The van der Waals surface area contributed by atoms with Crippen LogP contribution in [0.25, 0.3) is 10.2 Å². The highest BCUT2D eigenvalue weighted by Gasteiger charge is 2.28. The number of fused-ring (bicyclic) bond motifs is 1. The summed E-state index contributed by atoms with van der Waals surface area (Å²) in [6, 6.07) is 20.5. The van der Waals surface area contributed by atoms with Gasteiger partial charge >= 0.3 is 0 Å². The van der Waals surface area contributed by atoms with Crippen molar-refractivity contribution in [2.24, 2.45) is 4.99 Å². The predicted molar refractivity (Wildman–Crippen MR) is 104 cm³/mol. The van der Waals surface area contributed by atoms with Crippen LogP contribution in [0.15, 0.2) is 71.9 Å². The van der Waals surface area contributed by atoms with E-state index < -0.39 is 0 Å². The molecule has 0 radical (unpaired) electrons. The molecule has 0 bridgehead atoms. The minimum Gasteiger partial charge on any atom is -0.460 e. The van der Waals surface area contributed by atoms with Crippen molar-refractivity contribution in [3.8, 4) is 6.07 Å². The number of nitrogens with zero attached hydrogens (tertiary/aromatic N) is 4. The third-order valence-corrected chi connectivity index (χ3v) is 5.07. The van der Waals surface area contributed by atoms with E-state index in [-0.39, 0.29) is 6.04 Å². The van der Waals surface area contributed by atoms with E-state index in [1.807, 2.05) is 65.6 Å². The Morgan fingerprint density at radius 1 is 1.12 bits per heavy atom. The van der Waals surface area contributed by atoms with Crippen LogP contribution in [-0.2, 0) is 11.3 Å². The summed E-state index contributed by atoms with van der Waals surface area (Å²) in [7, 11) is 0. The molecule has 6 heteroatoms. The van der Waals surface area contributed by atoms with Crippen molar-refractivity contribution in [2.45, 2.75) is 19.1 Å². The van der Waals surface area contributed by atoms with Crippen molar-refractivity contribution in [3.63, 3.8) is 0 Å². The molecule has 128 valence electrons. The average molecular weight is 360 g/mol. The lowest BCUT2D eigenvalue weighted by atomic mass is 10.2. The Bertz CT molecular complexity index is 970. The Morgan fingerprint density at radius 3 is 2.73 bits per heavy atom. The van der Waals surface area contributed by atoms with Crippen LogP contribution in [0.5, 0.6) is 0 Å². The summed E-state index contributed by atoms with van der Waals surface area (Å²) in [6.45, 7) is 0.411. The fourth-order valence-electron chi connectivity index (χ4n) is 2.76. The van der Waals surface area contributed by atoms with Gasteiger partial charge in [-0.3, -0.25) is 4.90 Å². The van der Waals surface area contributed by atoms with Crippen LogP contribution in [0, 0.1) is 11.3 Å². The van der Waals surface area contributed by atoms with Gasteiger partial charge in [-0.05, 0) is 23.8 Å². The zero-order valence-corrected chi connectivity index (χ0v) is 14.8. The molecule has 0 amide bonds. The van der Waals surface area contributed by atoms with Crippen LogP contribution in [0.1, 0.15) is 12.0 Å². The summed E-state index contributed by atoms with van der Waals surface area (Å²) >= 11 is 1.57. The maximum Gasteiger partial charge on any atom is 0.299 e. The van der Waals surface area contributed by atoms with Crippen molar-refractivity contribution in [1.29, 1.82) is 5.26 Å². The summed E-state index contributed by atoms with van der Waals surface area (Å²) in [4.78, 5) is 11.0. The number of para-hydroxylation sites is 1. The van der Waals surface area contributed by atoms with Gasteiger partial charge in [-0.1, -0.05) is 53.8 Å². The van der Waals surface area contributed by atoms with E-state index in [0.29, 0.717) is 19.0 Å². The Morgan fingerprint density at radius 2 is 1.92 bits per heavy atom. The van der Waals surface area contributed by atoms with Crippen LogP contribution in [-0.4, -0.2) is 17.0 Å². The fraction of sp³-hybridized carbons (Fsp3) is 0.150. The van der Waals surface area contributed by atoms with Gasteiger partial charge in [0, 0.05) is 6.20 Å². The lowest BCUT2D eigenvalue weighted by Gasteiger charge is -2.30. The molecule has 5 nitrogen and oxygen atoms in total. The molecule has 4 rings (SSSR count). The molecule has 0 spiro atoms. The first kappa shape index (κ1) is 16.3. The molecule has 1 atom stereocenters. The Hall–Kier alpha value is -3.17. The molecule has 1 unspecified atom stereocenters. The molecule has 2 aromatic carbocycles. The maximum atomic E-state index is 9.21. The fourth-order valence-corrected chi connectivity index (χ4v) is 3.78. The number of ether oxygens (including phenoxy) is 1. The van der Waals surface area contributed by atoms with E-state index in [1.165, 1.54) is 0 Å². The van der Waals surface area contributed by atoms with Crippen molar-refractivity contribution in [3.05, 3.63) is 72.4 Å². The molecule has 0 saturated carbocycles. The third-order valence-electron chi connectivity index (χ3n) is 4.03. The maximum absolute atomic E-state index is 9.21. The summed E-state index contributed by atoms with van der Waals surface area (Å²) in [6.07, 6.45) is 3.94. The van der Waals surface area contributed by atoms with Gasteiger partial charge in [-0.25, -0.2) is 9.98 Å². The number of amidine groups is 1. The SMILES string of the molecule is N#CCC1C=CN=C(OCc2ccccc2)N1c1nc2ccccc2s1. The molecule has 0 aliphatic carbocycles. The first-order valence-corrected chi connectivity index (χ1v) is 9.10. The number of hydrogen-bond donors (Lipinski definition) is 0. The topological polar surface area (TPSA) is 61.5 Å². The Labute approximate surface area is 155 Å². The summed E-state index contributed by atoms with van der Waals surface area (Å²) in [5, 5.41) is 9.99. The highest BCUT2D eigenvalue weighted by Crippen LogP contribution is 2.32. The van der Waals surface area contributed by atoms with E-state index in [1.54, 1.807) is 17.5 Å². The van der Waals surface area contributed by atoms with Gasteiger partial charge in [0.25, 0.3) is 6.02 Å². The molecule has 2 heterocycles. The number of nitriles is 1. The van der Waals surface area contributed by atoms with E-state index in [4.69, 9.17) is 9.72 Å². The van der Waals surface area contributed by atoms with Gasteiger partial charge in [0.05, 0.1) is 28.7 Å². The van der Waals surface area contributed by atoms with Crippen LogP contribution >= 0.6 is 11.3 Å². The third kappa shape index (κ3) is 3.30. The first-order valence-electron chi connectivity index (χ1n) is 8.28. The van der Waals surface area contributed by atoms with Gasteiger partial charge < -0.3 is 4.74 Å². The molecule has 0 fully saturated rings. The van der Waals surface area contributed by atoms with E-state index in [0.717, 1.165) is 20.9 Å². The molecule has 26 heavy (non-hydrogen) atoms. The molecule has 0 saturated heterocycles. The number of aliphatic imine (C=N–C) groups is 1. The van der Waals surface area contributed by atoms with Crippen LogP contribution < -0.4 is 4.90 Å².